The van der Waals surface area contributed by atoms with Crippen LogP contribution >= 0.6 is 0 Å². The minimum absolute atomic E-state index is 0.666. The Kier molecular flexibility index (Phi) is 3.89. The quantitative estimate of drug-likeness (QED) is 0.830. The van der Waals surface area contributed by atoms with Crippen LogP contribution in [-0.2, 0) is 20.0 Å². The van der Waals surface area contributed by atoms with Crippen molar-refractivity contribution >= 4 is 0 Å². The molecule has 1 aliphatic carbocycles. The fourth-order valence-corrected chi connectivity index (χ4v) is 3.01. The van der Waals surface area contributed by atoms with Crippen molar-refractivity contribution in [3.8, 4) is 0 Å². The summed E-state index contributed by atoms with van der Waals surface area (Å²) in [6, 6.07) is 4.24. The van der Waals surface area contributed by atoms with E-state index in [-0.39, 0.29) is 0 Å². The highest BCUT2D eigenvalue weighted by atomic mass is 16.3. The molecule has 1 N–H and O–H groups in total. The number of nitrogens with one attached hydrogen (secondary N) is 1. The molecular weight excluding hydrogens is 262 g/mol. The predicted octanol–water partition coefficient (Wildman–Crippen LogP) is 3.09. The second-order valence-corrected chi connectivity index (χ2v) is 6.32. The topological polar surface area (TPSA) is 43.0 Å². The molecule has 3 rings (SSSR count). The minimum atomic E-state index is 0.666. The molecule has 2 unspecified atom stereocenters. The zero-order valence-electron chi connectivity index (χ0n) is 13.4. The summed E-state index contributed by atoms with van der Waals surface area (Å²) in [5, 5.41) is 7.92. The van der Waals surface area contributed by atoms with Gasteiger partial charge < -0.3 is 9.73 Å². The van der Waals surface area contributed by atoms with Crippen molar-refractivity contribution in [2.75, 3.05) is 6.54 Å². The summed E-state index contributed by atoms with van der Waals surface area (Å²) < 4.78 is 7.86. The van der Waals surface area contributed by atoms with Crippen molar-refractivity contribution in [2.24, 2.45) is 13.0 Å². The van der Waals surface area contributed by atoms with Gasteiger partial charge in [-0.05, 0) is 56.8 Å². The minimum Gasteiger partial charge on any atom is -0.464 e. The summed E-state index contributed by atoms with van der Waals surface area (Å²) in [5.41, 5.74) is 3.76. The highest BCUT2D eigenvalue weighted by Gasteiger charge is 2.36. The van der Waals surface area contributed by atoms with Gasteiger partial charge in [-0.1, -0.05) is 6.92 Å². The average Bonchev–Trinajstić information content (AvgIpc) is 2.91. The number of aryl methyl sites for hydroxylation is 2. The van der Waals surface area contributed by atoms with Crippen LogP contribution in [0.3, 0.4) is 0 Å². The summed E-state index contributed by atoms with van der Waals surface area (Å²) in [6.45, 7) is 8.25. The summed E-state index contributed by atoms with van der Waals surface area (Å²) in [4.78, 5) is 0. The van der Waals surface area contributed by atoms with E-state index in [1.165, 1.54) is 23.4 Å². The number of nitrogens with zero attached hydrogens (tertiary/aromatic N) is 2. The molecule has 4 heteroatoms. The van der Waals surface area contributed by atoms with Crippen LogP contribution in [0, 0.1) is 19.8 Å². The summed E-state index contributed by atoms with van der Waals surface area (Å²) in [6.07, 6.45) is 2.29. The van der Waals surface area contributed by atoms with Gasteiger partial charge >= 0.3 is 0 Å². The van der Waals surface area contributed by atoms with Crippen LogP contribution in [0.1, 0.15) is 47.7 Å². The second kappa shape index (κ2) is 5.68. The summed E-state index contributed by atoms with van der Waals surface area (Å²) in [7, 11) is 2.00. The molecule has 0 aromatic carbocycles. The molecular formula is C17H25N3O. The Labute approximate surface area is 126 Å². The Hall–Kier alpha value is -1.55. The first kappa shape index (κ1) is 14.4. The van der Waals surface area contributed by atoms with Crippen LogP contribution in [0.2, 0.25) is 0 Å². The van der Waals surface area contributed by atoms with E-state index in [1.54, 1.807) is 0 Å². The number of furan rings is 1. The lowest BCUT2D eigenvalue weighted by Gasteiger charge is -2.04. The van der Waals surface area contributed by atoms with Crippen LogP contribution in [0.15, 0.2) is 16.5 Å². The Morgan fingerprint density at radius 2 is 2.14 bits per heavy atom. The van der Waals surface area contributed by atoms with Crippen molar-refractivity contribution in [1.82, 2.24) is 15.1 Å². The van der Waals surface area contributed by atoms with E-state index in [0.29, 0.717) is 5.92 Å². The molecule has 1 saturated carbocycles. The van der Waals surface area contributed by atoms with Crippen LogP contribution < -0.4 is 5.32 Å². The molecule has 0 saturated heterocycles. The van der Waals surface area contributed by atoms with Gasteiger partial charge in [0.1, 0.15) is 11.5 Å². The number of aromatic nitrogens is 2. The molecule has 2 atom stereocenters. The van der Waals surface area contributed by atoms with Gasteiger partial charge in [0, 0.05) is 18.7 Å². The lowest BCUT2D eigenvalue weighted by molar-refractivity contribution is 0.445. The van der Waals surface area contributed by atoms with Gasteiger partial charge in [-0.2, -0.15) is 5.10 Å². The maximum Gasteiger partial charge on any atom is 0.117 e. The second-order valence-electron chi connectivity index (χ2n) is 6.32. The van der Waals surface area contributed by atoms with E-state index < -0.39 is 0 Å². The highest BCUT2D eigenvalue weighted by Crippen LogP contribution is 2.47. The Morgan fingerprint density at radius 3 is 2.76 bits per heavy atom. The van der Waals surface area contributed by atoms with E-state index >= 15 is 0 Å². The van der Waals surface area contributed by atoms with Gasteiger partial charge in [0.2, 0.25) is 0 Å². The number of hydrogen-bond donors (Lipinski definition) is 1. The zero-order chi connectivity index (χ0) is 15.0. The molecule has 114 valence electrons. The lowest BCUT2D eigenvalue weighted by atomic mass is 10.1. The third kappa shape index (κ3) is 3.05. The van der Waals surface area contributed by atoms with Crippen LogP contribution in [0.4, 0.5) is 0 Å². The van der Waals surface area contributed by atoms with Gasteiger partial charge in [-0.15, -0.1) is 0 Å². The molecule has 0 bridgehead atoms. The van der Waals surface area contributed by atoms with Gasteiger partial charge in [-0.25, -0.2) is 0 Å². The Balaban J connectivity index is 1.47. The molecule has 0 amide bonds. The first-order valence-electron chi connectivity index (χ1n) is 7.84. The molecule has 2 aromatic heterocycles. The average molecular weight is 287 g/mol. The molecule has 1 fully saturated rings. The molecule has 0 aliphatic heterocycles. The van der Waals surface area contributed by atoms with Crippen LogP contribution in [0.25, 0.3) is 0 Å². The fraction of sp³-hybridized carbons (Fsp3) is 0.588. The third-order valence-corrected chi connectivity index (χ3v) is 4.67. The van der Waals surface area contributed by atoms with E-state index in [2.05, 4.69) is 43.3 Å². The number of hydrogen-bond acceptors (Lipinski definition) is 3. The largest absolute Gasteiger partial charge is 0.464 e. The van der Waals surface area contributed by atoms with Crippen molar-refractivity contribution in [3.05, 3.63) is 40.6 Å². The zero-order valence-corrected chi connectivity index (χ0v) is 13.4. The smallest absolute Gasteiger partial charge is 0.117 e. The fourth-order valence-electron chi connectivity index (χ4n) is 3.01. The van der Waals surface area contributed by atoms with Crippen molar-refractivity contribution in [1.29, 1.82) is 0 Å². The van der Waals surface area contributed by atoms with Crippen molar-refractivity contribution < 1.29 is 4.42 Å². The molecule has 1 aliphatic rings. The van der Waals surface area contributed by atoms with E-state index in [9.17, 15) is 0 Å². The van der Waals surface area contributed by atoms with Gasteiger partial charge in [0.05, 0.1) is 12.2 Å². The molecule has 21 heavy (non-hydrogen) atoms. The summed E-state index contributed by atoms with van der Waals surface area (Å²) >= 11 is 0. The van der Waals surface area contributed by atoms with Gasteiger partial charge in [-0.3, -0.25) is 4.68 Å². The first-order valence-corrected chi connectivity index (χ1v) is 7.84. The van der Waals surface area contributed by atoms with E-state index in [1.807, 2.05) is 11.7 Å². The van der Waals surface area contributed by atoms with E-state index in [0.717, 1.165) is 36.9 Å². The Morgan fingerprint density at radius 1 is 1.38 bits per heavy atom. The normalized spacial score (nSPS) is 21.0. The van der Waals surface area contributed by atoms with Gasteiger partial charge in [0.15, 0.2) is 0 Å². The van der Waals surface area contributed by atoms with Gasteiger partial charge in [0.25, 0.3) is 0 Å². The molecule has 2 heterocycles. The Bertz CT molecular complexity index is 626. The van der Waals surface area contributed by atoms with Crippen molar-refractivity contribution in [2.45, 2.75) is 46.1 Å². The lowest BCUT2D eigenvalue weighted by Crippen LogP contribution is -2.16. The standard InChI is InChI=1S/C17H25N3O/c1-11-9-16(11)17-6-5-14(21-17)10-18-8-7-15-12(2)19-20(4)13(15)3/h5-6,11,16,18H,7-10H2,1-4H3. The molecule has 0 radical (unpaired) electrons. The maximum atomic E-state index is 5.90. The van der Waals surface area contributed by atoms with Crippen molar-refractivity contribution in [3.63, 3.8) is 0 Å². The SMILES string of the molecule is Cc1nn(C)c(C)c1CCNCc1ccc(C2CC2C)o1. The van der Waals surface area contributed by atoms with Crippen LogP contribution in [-0.4, -0.2) is 16.3 Å². The van der Waals surface area contributed by atoms with Crippen LogP contribution in [0.5, 0.6) is 0 Å². The highest BCUT2D eigenvalue weighted by molar-refractivity contribution is 5.24. The predicted molar refractivity (Wildman–Crippen MR) is 83.3 cm³/mol. The first-order chi connectivity index (χ1) is 10.1. The molecule has 4 nitrogen and oxygen atoms in total. The number of rotatable bonds is 6. The monoisotopic (exact) mass is 287 g/mol. The maximum absolute atomic E-state index is 5.90. The summed E-state index contributed by atoms with van der Waals surface area (Å²) in [5.74, 6) is 3.68. The van der Waals surface area contributed by atoms with E-state index in [4.69, 9.17) is 4.42 Å². The molecule has 0 spiro atoms. The third-order valence-electron chi connectivity index (χ3n) is 4.67. The molecule has 2 aromatic rings.